The molecule has 0 aliphatic carbocycles. The predicted molar refractivity (Wildman–Crippen MR) is 46.1 cm³/mol. The van der Waals surface area contributed by atoms with Crippen molar-refractivity contribution in [2.45, 2.75) is 0 Å². The summed E-state index contributed by atoms with van der Waals surface area (Å²) in [6.45, 7) is 0. The van der Waals surface area contributed by atoms with Crippen molar-refractivity contribution >= 4 is 16.4 Å². The minimum absolute atomic E-state index is 0.137. The summed E-state index contributed by atoms with van der Waals surface area (Å²) < 4.78 is 30.0. The molecule has 0 spiro atoms. The number of allylic oxidation sites excluding steroid dienone is 3. The van der Waals surface area contributed by atoms with Crippen molar-refractivity contribution < 1.29 is 17.8 Å². The van der Waals surface area contributed by atoms with Gasteiger partial charge in [0.05, 0.1) is 4.91 Å². The molecule has 1 rings (SSSR count). The van der Waals surface area contributed by atoms with Gasteiger partial charge in [-0.3, -0.25) is 9.35 Å². The van der Waals surface area contributed by atoms with Crippen molar-refractivity contribution in [3.8, 4) is 0 Å². The number of aldehydes is 1. The third kappa shape index (κ3) is 2.53. The Morgan fingerprint density at radius 2 is 2.15 bits per heavy atom. The van der Waals surface area contributed by atoms with Gasteiger partial charge in [0, 0.05) is 18.0 Å². The Hall–Kier alpha value is -1.40. The molecule has 5 nitrogen and oxygen atoms in total. The van der Waals surface area contributed by atoms with E-state index in [1.165, 1.54) is 12.4 Å². The lowest BCUT2D eigenvalue weighted by Gasteiger charge is -1.94. The van der Waals surface area contributed by atoms with Gasteiger partial charge >= 0.3 is 0 Å². The molecule has 6 heteroatoms. The maximum Gasteiger partial charge on any atom is 0.294 e. The Balaban J connectivity index is 3.17. The van der Waals surface area contributed by atoms with Crippen LogP contribution in [0.5, 0.6) is 0 Å². The summed E-state index contributed by atoms with van der Waals surface area (Å²) in [4.78, 5) is 10.0. The molecule has 13 heavy (non-hydrogen) atoms. The maximum absolute atomic E-state index is 10.7. The molecule has 0 atom stereocenters. The van der Waals surface area contributed by atoms with Gasteiger partial charge in [0.1, 0.15) is 0 Å². The van der Waals surface area contributed by atoms with Gasteiger partial charge in [0.2, 0.25) is 0 Å². The highest BCUT2D eigenvalue weighted by molar-refractivity contribution is 7.90. The summed E-state index contributed by atoms with van der Waals surface area (Å²) in [5.41, 5.74) is 0.137. The summed E-state index contributed by atoms with van der Waals surface area (Å²) in [6, 6.07) is 0. The Morgan fingerprint density at radius 1 is 1.46 bits per heavy atom. The number of hydrogen-bond donors (Lipinski definition) is 2. The fourth-order valence-electron chi connectivity index (χ4n) is 0.757. The first-order valence-electron chi connectivity index (χ1n) is 3.31. The van der Waals surface area contributed by atoms with Gasteiger partial charge in [-0.2, -0.15) is 8.42 Å². The van der Waals surface area contributed by atoms with Crippen LogP contribution in [0.3, 0.4) is 0 Å². The number of hydrogen-bond acceptors (Lipinski definition) is 4. The second-order valence-electron chi connectivity index (χ2n) is 2.28. The lowest BCUT2D eigenvalue weighted by Crippen LogP contribution is -1.99. The van der Waals surface area contributed by atoms with Crippen LogP contribution in [0.1, 0.15) is 0 Å². The number of carbonyl (C=O) groups is 1. The van der Waals surface area contributed by atoms with Crippen LogP contribution in [0.25, 0.3) is 0 Å². The normalized spacial score (nSPS) is 16.7. The van der Waals surface area contributed by atoms with Crippen molar-refractivity contribution in [2.24, 2.45) is 0 Å². The smallest absolute Gasteiger partial charge is 0.294 e. The standard InChI is InChI=1S/C7H7NO4S/c9-5-6-3-7(13(10,11)12)1-2-8-4-6/h1-5,8H,(H,10,11,12). The minimum Gasteiger partial charge on any atom is -0.367 e. The van der Waals surface area contributed by atoms with E-state index in [-0.39, 0.29) is 10.5 Å². The van der Waals surface area contributed by atoms with Crippen LogP contribution >= 0.6 is 0 Å². The van der Waals surface area contributed by atoms with E-state index in [1.807, 2.05) is 0 Å². The zero-order valence-electron chi connectivity index (χ0n) is 6.47. The molecule has 0 unspecified atom stereocenters. The molecule has 0 radical (unpaired) electrons. The SMILES string of the molecule is O=CC1=CNC=CC(S(=O)(=O)O)=C1. The number of rotatable bonds is 2. The Labute approximate surface area is 75.2 Å². The van der Waals surface area contributed by atoms with Crippen molar-refractivity contribution in [2.75, 3.05) is 0 Å². The zero-order valence-corrected chi connectivity index (χ0v) is 7.28. The molecule has 70 valence electrons. The molecule has 1 aliphatic heterocycles. The molecule has 0 fully saturated rings. The predicted octanol–water partition coefficient (Wildman–Crippen LogP) is -0.0422. The van der Waals surface area contributed by atoms with Gasteiger partial charge in [-0.1, -0.05) is 0 Å². The third-order valence-electron chi connectivity index (χ3n) is 1.34. The van der Waals surface area contributed by atoms with Crippen LogP contribution in [0.4, 0.5) is 0 Å². The molecule has 1 aliphatic rings. The van der Waals surface area contributed by atoms with Crippen LogP contribution in [0.15, 0.2) is 35.0 Å². The first-order valence-corrected chi connectivity index (χ1v) is 4.75. The van der Waals surface area contributed by atoms with Gasteiger partial charge < -0.3 is 5.32 Å². The van der Waals surface area contributed by atoms with E-state index in [4.69, 9.17) is 4.55 Å². The molecule has 0 aromatic carbocycles. The molecule has 0 aromatic rings. The van der Waals surface area contributed by atoms with E-state index in [9.17, 15) is 13.2 Å². The minimum atomic E-state index is -4.26. The lowest BCUT2D eigenvalue weighted by molar-refractivity contribution is -0.104. The highest BCUT2D eigenvalue weighted by Crippen LogP contribution is 2.10. The Kier molecular flexibility index (Phi) is 2.64. The van der Waals surface area contributed by atoms with Crippen molar-refractivity contribution in [1.82, 2.24) is 5.32 Å². The molecule has 1 heterocycles. The van der Waals surface area contributed by atoms with E-state index < -0.39 is 10.1 Å². The van der Waals surface area contributed by atoms with Gasteiger partial charge in [-0.15, -0.1) is 0 Å². The van der Waals surface area contributed by atoms with Crippen LogP contribution in [-0.2, 0) is 14.9 Å². The third-order valence-corrected chi connectivity index (χ3v) is 2.19. The van der Waals surface area contributed by atoms with Crippen LogP contribution in [0.2, 0.25) is 0 Å². The second kappa shape index (κ2) is 3.55. The largest absolute Gasteiger partial charge is 0.367 e. The first kappa shape index (κ1) is 9.69. The lowest BCUT2D eigenvalue weighted by atomic mass is 10.3. The molecule has 2 N–H and O–H groups in total. The fourth-order valence-corrected chi connectivity index (χ4v) is 1.28. The summed E-state index contributed by atoms with van der Waals surface area (Å²) in [6.07, 6.45) is 5.32. The Bertz CT molecular complexity index is 402. The van der Waals surface area contributed by atoms with E-state index >= 15 is 0 Å². The zero-order chi connectivity index (χ0) is 9.90. The van der Waals surface area contributed by atoms with E-state index in [2.05, 4.69) is 5.32 Å². The van der Waals surface area contributed by atoms with Crippen molar-refractivity contribution in [3.05, 3.63) is 35.0 Å². The molecule has 0 bridgehead atoms. The summed E-state index contributed by atoms with van der Waals surface area (Å²) in [5.74, 6) is 0. The second-order valence-corrected chi connectivity index (χ2v) is 3.71. The number of carbonyl (C=O) groups excluding carboxylic acids is 1. The van der Waals surface area contributed by atoms with Gasteiger partial charge in [-0.25, -0.2) is 0 Å². The molecule has 0 aromatic heterocycles. The van der Waals surface area contributed by atoms with Crippen molar-refractivity contribution in [1.29, 1.82) is 0 Å². The summed E-state index contributed by atoms with van der Waals surface area (Å²) >= 11 is 0. The fraction of sp³-hybridized carbons (Fsp3) is 0. The van der Waals surface area contributed by atoms with Gasteiger partial charge in [0.15, 0.2) is 6.29 Å². The molecular weight excluding hydrogens is 194 g/mol. The van der Waals surface area contributed by atoms with Gasteiger partial charge in [-0.05, 0) is 12.2 Å². The highest BCUT2D eigenvalue weighted by atomic mass is 32.2. The topological polar surface area (TPSA) is 83.5 Å². The molecule has 0 amide bonds. The summed E-state index contributed by atoms with van der Waals surface area (Å²) in [7, 11) is -4.26. The molecule has 0 saturated carbocycles. The van der Waals surface area contributed by atoms with Crippen LogP contribution in [0, 0.1) is 0 Å². The van der Waals surface area contributed by atoms with E-state index in [1.54, 1.807) is 0 Å². The monoisotopic (exact) mass is 201 g/mol. The quantitative estimate of drug-likeness (QED) is 0.483. The first-order chi connectivity index (χ1) is 6.04. The van der Waals surface area contributed by atoms with Crippen LogP contribution < -0.4 is 5.32 Å². The summed E-state index contributed by atoms with van der Waals surface area (Å²) in [5, 5.41) is 2.55. The van der Waals surface area contributed by atoms with Crippen molar-refractivity contribution in [3.63, 3.8) is 0 Å². The highest BCUT2D eigenvalue weighted by Gasteiger charge is 2.12. The van der Waals surface area contributed by atoms with E-state index in [0.29, 0.717) is 6.29 Å². The number of nitrogens with one attached hydrogen (secondary N) is 1. The molecular formula is C7H7NO4S. The average molecular weight is 201 g/mol. The molecule has 0 saturated heterocycles. The van der Waals surface area contributed by atoms with E-state index in [0.717, 1.165) is 12.2 Å². The maximum atomic E-state index is 10.7. The van der Waals surface area contributed by atoms with Gasteiger partial charge in [0.25, 0.3) is 10.1 Å². The average Bonchev–Trinajstić information content (AvgIpc) is 2.27. The Morgan fingerprint density at radius 3 is 2.69 bits per heavy atom. The van der Waals surface area contributed by atoms with Crippen LogP contribution in [-0.4, -0.2) is 19.3 Å².